The maximum absolute atomic E-state index is 9.90. The molecule has 5 atom stereocenters. The topological polar surface area (TPSA) is 66.4 Å². The third-order valence-corrected chi connectivity index (χ3v) is 4.10. The molecule has 128 valence electrons. The lowest BCUT2D eigenvalue weighted by molar-refractivity contribution is -0.244. The maximum atomic E-state index is 9.90. The molecule has 0 aromatic heterocycles. The normalized spacial score (nSPS) is 33.4. The van der Waals surface area contributed by atoms with Crippen LogP contribution in [0.25, 0.3) is 0 Å². The number of fused-ring (bicyclic) bond motifs is 1. The van der Waals surface area contributed by atoms with Crippen molar-refractivity contribution in [3.05, 3.63) is 29.8 Å². The second-order valence-electron chi connectivity index (χ2n) is 6.43. The predicted molar refractivity (Wildman–Crippen MR) is 81.9 cm³/mol. The summed E-state index contributed by atoms with van der Waals surface area (Å²) in [5.41, 5.74) is 1.00. The smallest absolute Gasteiger partial charge is 0.187 e. The van der Waals surface area contributed by atoms with E-state index in [9.17, 15) is 5.11 Å². The van der Waals surface area contributed by atoms with Crippen molar-refractivity contribution in [2.75, 3.05) is 7.11 Å². The minimum Gasteiger partial charge on any atom is -0.497 e. The molecular weight excluding hydrogens is 300 g/mol. The van der Waals surface area contributed by atoms with E-state index in [1.54, 1.807) is 14.0 Å². The second-order valence-corrected chi connectivity index (χ2v) is 6.43. The van der Waals surface area contributed by atoms with Crippen LogP contribution in [0.3, 0.4) is 0 Å². The van der Waals surface area contributed by atoms with Crippen LogP contribution in [-0.4, -0.2) is 48.7 Å². The fraction of sp³-hybridized carbons (Fsp3) is 0.647. The molecule has 6 heteroatoms. The van der Waals surface area contributed by atoms with Crippen molar-refractivity contribution >= 4 is 0 Å². The molecule has 3 rings (SSSR count). The largest absolute Gasteiger partial charge is 0.497 e. The second kappa shape index (κ2) is 6.37. The van der Waals surface area contributed by atoms with Crippen LogP contribution < -0.4 is 4.74 Å². The van der Waals surface area contributed by atoms with Crippen LogP contribution in [0.15, 0.2) is 24.3 Å². The van der Waals surface area contributed by atoms with Gasteiger partial charge < -0.3 is 28.8 Å². The molecule has 0 unspecified atom stereocenters. The highest BCUT2D eigenvalue weighted by Gasteiger charge is 2.56. The molecule has 2 saturated heterocycles. The Kier molecular flexibility index (Phi) is 4.62. The molecule has 2 heterocycles. The summed E-state index contributed by atoms with van der Waals surface area (Å²) < 4.78 is 28.6. The zero-order valence-electron chi connectivity index (χ0n) is 13.9. The molecule has 6 nitrogen and oxygen atoms in total. The van der Waals surface area contributed by atoms with E-state index in [0.29, 0.717) is 6.61 Å². The first kappa shape index (κ1) is 16.7. The minimum atomic E-state index is -0.700. The van der Waals surface area contributed by atoms with E-state index >= 15 is 0 Å². The number of ether oxygens (including phenoxy) is 5. The van der Waals surface area contributed by atoms with Gasteiger partial charge in [-0.25, -0.2) is 0 Å². The maximum Gasteiger partial charge on any atom is 0.187 e. The van der Waals surface area contributed by atoms with Crippen molar-refractivity contribution in [3.8, 4) is 5.75 Å². The molecule has 1 aromatic carbocycles. The number of hydrogen-bond acceptors (Lipinski definition) is 6. The highest BCUT2D eigenvalue weighted by Crippen LogP contribution is 2.40. The van der Waals surface area contributed by atoms with Gasteiger partial charge in [-0.2, -0.15) is 0 Å². The van der Waals surface area contributed by atoms with Gasteiger partial charge in [-0.1, -0.05) is 12.1 Å². The van der Waals surface area contributed by atoms with Crippen LogP contribution in [0.1, 0.15) is 26.3 Å². The van der Waals surface area contributed by atoms with Gasteiger partial charge >= 0.3 is 0 Å². The van der Waals surface area contributed by atoms with Crippen LogP contribution in [0.2, 0.25) is 0 Å². The predicted octanol–water partition coefficient (Wildman–Crippen LogP) is 1.84. The lowest BCUT2D eigenvalue weighted by Gasteiger charge is -2.25. The van der Waals surface area contributed by atoms with Gasteiger partial charge in [0.05, 0.1) is 19.8 Å². The molecule has 0 spiro atoms. The Labute approximate surface area is 136 Å². The molecule has 0 aliphatic carbocycles. The Morgan fingerprint density at radius 1 is 1.17 bits per heavy atom. The van der Waals surface area contributed by atoms with E-state index in [4.69, 9.17) is 23.7 Å². The van der Waals surface area contributed by atoms with E-state index in [1.807, 2.05) is 38.1 Å². The fourth-order valence-corrected chi connectivity index (χ4v) is 3.01. The molecule has 2 aliphatic rings. The van der Waals surface area contributed by atoms with Gasteiger partial charge in [-0.3, -0.25) is 0 Å². The van der Waals surface area contributed by atoms with Gasteiger partial charge in [-0.15, -0.1) is 0 Å². The highest BCUT2D eigenvalue weighted by molar-refractivity contribution is 5.26. The molecule has 2 aliphatic heterocycles. The molecular formula is C17H24O6. The summed E-state index contributed by atoms with van der Waals surface area (Å²) in [5, 5.41) is 9.90. The van der Waals surface area contributed by atoms with Crippen LogP contribution >= 0.6 is 0 Å². The molecule has 0 amide bonds. The van der Waals surface area contributed by atoms with Gasteiger partial charge in [0, 0.05) is 0 Å². The third-order valence-electron chi connectivity index (χ3n) is 4.10. The first-order chi connectivity index (χ1) is 10.9. The van der Waals surface area contributed by atoms with Crippen molar-refractivity contribution in [1.29, 1.82) is 0 Å². The molecule has 1 N–H and O–H groups in total. The number of aliphatic hydroxyl groups excluding tert-OH is 1. The molecule has 1 aromatic rings. The zero-order chi connectivity index (χ0) is 16.6. The van der Waals surface area contributed by atoms with Crippen LogP contribution in [0, 0.1) is 0 Å². The summed E-state index contributed by atoms with van der Waals surface area (Å²) >= 11 is 0. The first-order valence-corrected chi connectivity index (χ1v) is 7.83. The van der Waals surface area contributed by atoms with Crippen LogP contribution in [0.4, 0.5) is 0 Å². The fourth-order valence-electron chi connectivity index (χ4n) is 3.01. The molecule has 0 bridgehead atoms. The van der Waals surface area contributed by atoms with Gasteiger partial charge in [0.25, 0.3) is 0 Å². The summed E-state index contributed by atoms with van der Waals surface area (Å²) in [5.74, 6) is 0.0999. The van der Waals surface area contributed by atoms with E-state index in [-0.39, 0.29) is 12.2 Å². The molecule has 0 saturated carbocycles. The summed E-state index contributed by atoms with van der Waals surface area (Å²) in [4.78, 5) is 0. The Hall–Kier alpha value is -1.18. The van der Waals surface area contributed by atoms with Gasteiger partial charge in [0.2, 0.25) is 0 Å². The van der Waals surface area contributed by atoms with E-state index in [0.717, 1.165) is 11.3 Å². The van der Waals surface area contributed by atoms with Gasteiger partial charge in [-0.05, 0) is 38.5 Å². The van der Waals surface area contributed by atoms with Crippen molar-refractivity contribution in [2.45, 2.75) is 63.9 Å². The van der Waals surface area contributed by atoms with Crippen LogP contribution in [0.5, 0.6) is 5.75 Å². The highest BCUT2D eigenvalue weighted by atomic mass is 16.8. The summed E-state index contributed by atoms with van der Waals surface area (Å²) in [6.45, 7) is 5.77. The summed E-state index contributed by atoms with van der Waals surface area (Å²) in [6, 6.07) is 7.64. The zero-order valence-corrected chi connectivity index (χ0v) is 13.9. The van der Waals surface area contributed by atoms with Gasteiger partial charge in [0.1, 0.15) is 24.1 Å². The summed E-state index contributed by atoms with van der Waals surface area (Å²) in [7, 11) is 1.63. The van der Waals surface area contributed by atoms with Crippen molar-refractivity contribution in [2.24, 2.45) is 0 Å². The number of benzene rings is 1. The average molecular weight is 324 g/mol. The van der Waals surface area contributed by atoms with Crippen LogP contribution in [-0.2, 0) is 25.6 Å². The van der Waals surface area contributed by atoms with E-state index < -0.39 is 24.3 Å². The Bertz CT molecular complexity index is 526. The first-order valence-electron chi connectivity index (χ1n) is 7.83. The number of methoxy groups -OCH3 is 1. The van der Waals surface area contributed by atoms with E-state index in [2.05, 4.69) is 0 Å². The Balaban J connectivity index is 1.65. The lowest BCUT2D eigenvalue weighted by Crippen LogP contribution is -2.36. The van der Waals surface area contributed by atoms with Crippen molar-refractivity contribution < 1.29 is 28.8 Å². The van der Waals surface area contributed by atoms with Crippen molar-refractivity contribution in [3.63, 3.8) is 0 Å². The third kappa shape index (κ3) is 3.51. The number of hydrogen-bond donors (Lipinski definition) is 1. The minimum absolute atomic E-state index is 0.328. The Morgan fingerprint density at radius 3 is 2.43 bits per heavy atom. The average Bonchev–Trinajstić information content (AvgIpc) is 2.99. The standard InChI is InChI=1S/C17H24O6/c1-10(18)13-14-15(23-17(2,3)22-14)16(21-13)20-9-11-5-7-12(19-4)8-6-11/h5-8,10,13-16,18H,9H2,1-4H3/t10-,13-,14+,15+,16+/m1/s1. The van der Waals surface area contributed by atoms with Crippen molar-refractivity contribution in [1.82, 2.24) is 0 Å². The quantitative estimate of drug-likeness (QED) is 0.891. The molecule has 2 fully saturated rings. The van der Waals surface area contributed by atoms with E-state index in [1.165, 1.54) is 0 Å². The van der Waals surface area contributed by atoms with Gasteiger partial charge in [0.15, 0.2) is 12.1 Å². The lowest BCUT2D eigenvalue weighted by atomic mass is 10.1. The number of rotatable bonds is 5. The molecule has 0 radical (unpaired) electrons. The Morgan fingerprint density at radius 2 is 1.83 bits per heavy atom. The number of aliphatic hydroxyl groups is 1. The monoisotopic (exact) mass is 324 g/mol. The molecule has 23 heavy (non-hydrogen) atoms. The SMILES string of the molecule is COc1ccc(CO[C@H]2O[C@H]([C@@H](C)O)[C@@H]3OC(C)(C)O[C@H]23)cc1. The summed E-state index contributed by atoms with van der Waals surface area (Å²) in [6.07, 6.45) is -2.35.